The van der Waals surface area contributed by atoms with Crippen molar-refractivity contribution < 1.29 is 28.6 Å². The van der Waals surface area contributed by atoms with Gasteiger partial charge in [0.1, 0.15) is 13.2 Å². The van der Waals surface area contributed by atoms with Gasteiger partial charge in [-0.1, -0.05) is 340 Å². The normalized spacial score (nSPS) is 12.1. The number of unbranched alkanes of at least 4 members (excludes halogenated alkanes) is 49. The Kier molecular flexibility index (Phi) is 63.6. The Bertz CT molecular complexity index is 1230. The molecule has 0 saturated carbocycles. The lowest BCUT2D eigenvalue weighted by Crippen LogP contribution is -2.30. The van der Waals surface area contributed by atoms with Crippen LogP contribution in [-0.4, -0.2) is 37.2 Å². The van der Waals surface area contributed by atoms with Gasteiger partial charge in [0.15, 0.2) is 6.10 Å². The van der Waals surface area contributed by atoms with Crippen LogP contribution in [0.15, 0.2) is 24.3 Å². The molecule has 1 atom stereocenters. The van der Waals surface area contributed by atoms with Crippen LogP contribution in [0, 0.1) is 0 Å². The highest BCUT2D eigenvalue weighted by molar-refractivity contribution is 5.71. The van der Waals surface area contributed by atoms with E-state index in [-0.39, 0.29) is 31.1 Å². The number of carbonyl (C=O) groups excluding carboxylic acids is 3. The molecular formula is C70H132O6. The molecule has 0 aromatic carbocycles. The minimum Gasteiger partial charge on any atom is -0.462 e. The first kappa shape index (κ1) is 73.9. The lowest BCUT2D eigenvalue weighted by Gasteiger charge is -2.18. The fraction of sp³-hybridized carbons (Fsp3) is 0.900. The molecule has 6 heteroatoms. The number of hydrogen-bond acceptors (Lipinski definition) is 6. The molecule has 448 valence electrons. The second-order valence-electron chi connectivity index (χ2n) is 23.5. The summed E-state index contributed by atoms with van der Waals surface area (Å²) in [6, 6.07) is 0. The molecular weight excluding hydrogens is 937 g/mol. The molecule has 1 unspecified atom stereocenters. The molecule has 0 rings (SSSR count). The zero-order valence-electron chi connectivity index (χ0n) is 51.6. The molecule has 0 aromatic rings. The van der Waals surface area contributed by atoms with Crippen molar-refractivity contribution in [2.24, 2.45) is 0 Å². The Balaban J connectivity index is 4.16. The largest absolute Gasteiger partial charge is 0.462 e. The maximum Gasteiger partial charge on any atom is 0.306 e. The van der Waals surface area contributed by atoms with E-state index in [9.17, 15) is 14.4 Å². The van der Waals surface area contributed by atoms with Crippen LogP contribution in [0.3, 0.4) is 0 Å². The third-order valence-electron chi connectivity index (χ3n) is 15.7. The molecule has 0 radical (unpaired) electrons. The van der Waals surface area contributed by atoms with Crippen molar-refractivity contribution in [1.29, 1.82) is 0 Å². The lowest BCUT2D eigenvalue weighted by atomic mass is 10.0. The Morgan fingerprint density at radius 3 is 0.724 bits per heavy atom. The summed E-state index contributed by atoms with van der Waals surface area (Å²) in [5, 5.41) is 0. The van der Waals surface area contributed by atoms with Crippen LogP contribution in [0.5, 0.6) is 0 Å². The topological polar surface area (TPSA) is 78.9 Å². The first-order valence-electron chi connectivity index (χ1n) is 34.3. The van der Waals surface area contributed by atoms with Crippen molar-refractivity contribution in [1.82, 2.24) is 0 Å². The van der Waals surface area contributed by atoms with Crippen LogP contribution in [-0.2, 0) is 28.6 Å². The Labute approximate surface area is 474 Å². The average molecular weight is 1070 g/mol. The van der Waals surface area contributed by atoms with Crippen molar-refractivity contribution in [2.45, 2.75) is 393 Å². The van der Waals surface area contributed by atoms with E-state index in [1.54, 1.807) is 0 Å². The van der Waals surface area contributed by atoms with Crippen LogP contribution in [0.1, 0.15) is 387 Å². The van der Waals surface area contributed by atoms with E-state index in [4.69, 9.17) is 14.2 Å². The maximum absolute atomic E-state index is 12.9. The summed E-state index contributed by atoms with van der Waals surface area (Å²) in [5.41, 5.74) is 0. The van der Waals surface area contributed by atoms with Crippen LogP contribution < -0.4 is 0 Å². The molecule has 76 heavy (non-hydrogen) atoms. The van der Waals surface area contributed by atoms with Crippen molar-refractivity contribution in [2.75, 3.05) is 13.2 Å². The summed E-state index contributed by atoms with van der Waals surface area (Å²) in [5.74, 6) is -0.834. The highest BCUT2D eigenvalue weighted by Gasteiger charge is 2.19. The van der Waals surface area contributed by atoms with Gasteiger partial charge >= 0.3 is 17.9 Å². The third kappa shape index (κ3) is 62.7. The van der Waals surface area contributed by atoms with Gasteiger partial charge in [0.2, 0.25) is 0 Å². The van der Waals surface area contributed by atoms with Gasteiger partial charge in [-0.15, -0.1) is 0 Å². The van der Waals surface area contributed by atoms with Gasteiger partial charge in [-0.25, -0.2) is 0 Å². The van der Waals surface area contributed by atoms with Crippen molar-refractivity contribution in [3.8, 4) is 0 Å². The molecule has 0 N–H and O–H groups in total. The van der Waals surface area contributed by atoms with Gasteiger partial charge < -0.3 is 14.2 Å². The average Bonchev–Trinajstić information content (AvgIpc) is 3.42. The fourth-order valence-electron chi connectivity index (χ4n) is 10.5. The van der Waals surface area contributed by atoms with Crippen molar-refractivity contribution in [3.63, 3.8) is 0 Å². The molecule has 0 aliphatic heterocycles. The lowest BCUT2D eigenvalue weighted by molar-refractivity contribution is -0.167. The molecule has 0 saturated heterocycles. The number of esters is 3. The third-order valence-corrected chi connectivity index (χ3v) is 15.7. The van der Waals surface area contributed by atoms with Gasteiger partial charge in [-0.3, -0.25) is 14.4 Å². The van der Waals surface area contributed by atoms with Crippen LogP contribution in [0.25, 0.3) is 0 Å². The second kappa shape index (κ2) is 65.4. The SMILES string of the molecule is CCCCCCC/C=C\C/C=C\CCCCCCCCCCCCCCCCCC(=O)OCC(COC(=O)CCCCCCCCCCCCC)OC(=O)CCCCCCCCCCCCCCCCCCCCCC. The van der Waals surface area contributed by atoms with Gasteiger partial charge in [0.05, 0.1) is 0 Å². The number of allylic oxidation sites excluding steroid dienone is 4. The van der Waals surface area contributed by atoms with E-state index in [0.717, 1.165) is 64.2 Å². The summed E-state index contributed by atoms with van der Waals surface area (Å²) in [6.07, 6.45) is 79.2. The minimum atomic E-state index is -0.766. The van der Waals surface area contributed by atoms with Crippen LogP contribution in [0.4, 0.5) is 0 Å². The molecule has 6 nitrogen and oxygen atoms in total. The highest BCUT2D eigenvalue weighted by atomic mass is 16.6. The van der Waals surface area contributed by atoms with Gasteiger partial charge in [0, 0.05) is 19.3 Å². The van der Waals surface area contributed by atoms with E-state index >= 15 is 0 Å². The zero-order chi connectivity index (χ0) is 55.0. The van der Waals surface area contributed by atoms with Gasteiger partial charge in [0.25, 0.3) is 0 Å². The summed E-state index contributed by atoms with van der Waals surface area (Å²) < 4.78 is 17.0. The second-order valence-corrected chi connectivity index (χ2v) is 23.5. The van der Waals surface area contributed by atoms with Gasteiger partial charge in [-0.05, 0) is 51.4 Å². The quantitative estimate of drug-likeness (QED) is 0.0261. The zero-order valence-corrected chi connectivity index (χ0v) is 51.6. The smallest absolute Gasteiger partial charge is 0.306 e. The molecule has 0 aliphatic rings. The van der Waals surface area contributed by atoms with E-state index in [2.05, 4.69) is 45.1 Å². The van der Waals surface area contributed by atoms with E-state index in [1.165, 1.54) is 283 Å². The first-order chi connectivity index (χ1) is 37.5. The van der Waals surface area contributed by atoms with Crippen LogP contribution >= 0.6 is 0 Å². The number of hydrogen-bond donors (Lipinski definition) is 0. The standard InChI is InChI=1S/C70H132O6/c1-4-7-10-13-16-19-22-24-26-28-30-32-33-34-35-36-37-38-40-41-43-45-48-51-54-57-60-63-69(72)75-66-67(65-74-68(71)62-59-56-53-50-47-21-18-15-12-9-6-3)76-70(73)64-61-58-55-52-49-46-44-42-39-31-29-27-25-23-20-17-14-11-8-5-2/h22,24,28,30,67H,4-21,23,25-27,29,31-66H2,1-3H3/b24-22-,30-28-. The predicted octanol–water partition coefficient (Wildman–Crippen LogP) is 23.4. The first-order valence-corrected chi connectivity index (χ1v) is 34.3. The molecule has 0 aliphatic carbocycles. The summed E-state index contributed by atoms with van der Waals surface area (Å²) in [7, 11) is 0. The number of carbonyl (C=O) groups is 3. The predicted molar refractivity (Wildman–Crippen MR) is 330 cm³/mol. The number of rotatable bonds is 64. The molecule has 0 bridgehead atoms. The van der Waals surface area contributed by atoms with E-state index < -0.39 is 6.10 Å². The molecule has 0 heterocycles. The van der Waals surface area contributed by atoms with Crippen molar-refractivity contribution in [3.05, 3.63) is 24.3 Å². The monoisotopic (exact) mass is 1070 g/mol. The molecule has 0 fully saturated rings. The number of ether oxygens (including phenoxy) is 3. The highest BCUT2D eigenvalue weighted by Crippen LogP contribution is 2.18. The van der Waals surface area contributed by atoms with Gasteiger partial charge in [-0.2, -0.15) is 0 Å². The Morgan fingerprint density at radius 2 is 0.474 bits per heavy atom. The molecule has 0 amide bonds. The molecule has 0 spiro atoms. The minimum absolute atomic E-state index is 0.0640. The van der Waals surface area contributed by atoms with Crippen molar-refractivity contribution >= 4 is 17.9 Å². The van der Waals surface area contributed by atoms with Crippen LogP contribution in [0.2, 0.25) is 0 Å². The maximum atomic E-state index is 12.9. The Morgan fingerprint density at radius 1 is 0.263 bits per heavy atom. The fourth-order valence-corrected chi connectivity index (χ4v) is 10.5. The summed E-state index contributed by atoms with van der Waals surface area (Å²) in [6.45, 7) is 6.70. The van der Waals surface area contributed by atoms with E-state index in [1.807, 2.05) is 0 Å². The summed E-state index contributed by atoms with van der Waals surface area (Å²) >= 11 is 0. The molecule has 0 aromatic heterocycles. The van der Waals surface area contributed by atoms with E-state index in [0.29, 0.717) is 19.3 Å². The Hall–Kier alpha value is -2.11. The summed E-state index contributed by atoms with van der Waals surface area (Å²) in [4.78, 5) is 38.3.